The van der Waals surface area contributed by atoms with Crippen LogP contribution in [0, 0.1) is 11.3 Å². The zero-order valence-corrected chi connectivity index (χ0v) is 9.65. The minimum Gasteiger partial charge on any atom is -0.398 e. The van der Waals surface area contributed by atoms with Gasteiger partial charge in [-0.05, 0) is 38.8 Å². The normalized spacial score (nSPS) is 10.3. The molecule has 2 N–H and O–H groups in total. The standard InChI is InChI=1S/C10H7BrN2S/c11-9-7(1-3-12)8(13)5-6-2-4-14-10(6)9/h2,4-5H,1,13H2. The quantitative estimate of drug-likeness (QED) is 0.806. The highest BCUT2D eigenvalue weighted by Gasteiger charge is 2.09. The number of halogens is 1. The third kappa shape index (κ3) is 1.39. The topological polar surface area (TPSA) is 49.8 Å². The van der Waals surface area contributed by atoms with Gasteiger partial charge in [0.2, 0.25) is 0 Å². The van der Waals surface area contributed by atoms with Crippen LogP contribution in [0.3, 0.4) is 0 Å². The summed E-state index contributed by atoms with van der Waals surface area (Å²) in [4.78, 5) is 0. The Morgan fingerprint density at radius 1 is 1.57 bits per heavy atom. The SMILES string of the molecule is N#CCc1c(N)cc2ccsc2c1Br. The first-order valence-electron chi connectivity index (χ1n) is 4.05. The van der Waals surface area contributed by atoms with Gasteiger partial charge in [0.25, 0.3) is 0 Å². The van der Waals surface area contributed by atoms with Crippen LogP contribution in [0.15, 0.2) is 22.0 Å². The molecule has 1 heterocycles. The van der Waals surface area contributed by atoms with Crippen LogP contribution in [0.5, 0.6) is 0 Å². The highest BCUT2D eigenvalue weighted by molar-refractivity contribution is 9.10. The average molecular weight is 267 g/mol. The number of fused-ring (bicyclic) bond motifs is 1. The molecular weight excluding hydrogens is 260 g/mol. The predicted molar refractivity (Wildman–Crippen MR) is 63.3 cm³/mol. The minimum absolute atomic E-state index is 0.347. The Morgan fingerprint density at radius 2 is 2.36 bits per heavy atom. The smallest absolute Gasteiger partial charge is 0.0670 e. The van der Waals surface area contributed by atoms with Crippen LogP contribution in [0.4, 0.5) is 5.69 Å². The van der Waals surface area contributed by atoms with Crippen molar-refractivity contribution in [2.75, 3.05) is 5.73 Å². The number of hydrogen-bond acceptors (Lipinski definition) is 3. The Labute approximate surface area is 94.1 Å². The number of benzene rings is 1. The number of nitrogens with two attached hydrogens (primary N) is 1. The minimum atomic E-state index is 0.347. The van der Waals surface area contributed by atoms with Crippen LogP contribution in [0.1, 0.15) is 5.56 Å². The Kier molecular flexibility index (Phi) is 2.44. The van der Waals surface area contributed by atoms with E-state index in [1.54, 1.807) is 11.3 Å². The Morgan fingerprint density at radius 3 is 3.07 bits per heavy atom. The van der Waals surface area contributed by atoms with E-state index in [-0.39, 0.29) is 0 Å². The third-order valence-corrected chi connectivity index (χ3v) is 4.16. The van der Waals surface area contributed by atoms with Crippen LogP contribution < -0.4 is 5.73 Å². The van der Waals surface area contributed by atoms with Crippen LogP contribution in [0.2, 0.25) is 0 Å². The van der Waals surface area contributed by atoms with Crippen molar-refractivity contribution in [2.24, 2.45) is 0 Å². The predicted octanol–water partition coefficient (Wildman–Crippen LogP) is 3.31. The lowest BCUT2D eigenvalue weighted by Gasteiger charge is -2.05. The molecule has 2 aromatic rings. The Hall–Kier alpha value is -1.05. The molecule has 0 aliphatic carbocycles. The molecule has 70 valence electrons. The summed E-state index contributed by atoms with van der Waals surface area (Å²) in [6.45, 7) is 0. The van der Waals surface area contributed by atoms with E-state index in [2.05, 4.69) is 22.0 Å². The van der Waals surface area contributed by atoms with E-state index < -0.39 is 0 Å². The molecule has 0 aliphatic heterocycles. The summed E-state index contributed by atoms with van der Waals surface area (Å²) in [6, 6.07) is 6.06. The summed E-state index contributed by atoms with van der Waals surface area (Å²) < 4.78 is 2.12. The van der Waals surface area contributed by atoms with Gasteiger partial charge >= 0.3 is 0 Å². The largest absolute Gasteiger partial charge is 0.398 e. The summed E-state index contributed by atoms with van der Waals surface area (Å²) in [5.74, 6) is 0. The second-order valence-electron chi connectivity index (χ2n) is 2.93. The molecule has 0 atom stereocenters. The van der Waals surface area contributed by atoms with Gasteiger partial charge in [0.15, 0.2) is 0 Å². The second kappa shape index (κ2) is 3.60. The average Bonchev–Trinajstić information content (AvgIpc) is 2.60. The molecule has 0 amide bonds. The highest BCUT2D eigenvalue weighted by Crippen LogP contribution is 2.35. The highest BCUT2D eigenvalue weighted by atomic mass is 79.9. The van der Waals surface area contributed by atoms with Crippen molar-refractivity contribution in [3.63, 3.8) is 0 Å². The molecule has 0 radical (unpaired) electrons. The van der Waals surface area contributed by atoms with Crippen LogP contribution in [0.25, 0.3) is 10.1 Å². The summed E-state index contributed by atoms with van der Waals surface area (Å²) >= 11 is 5.14. The van der Waals surface area contributed by atoms with E-state index in [9.17, 15) is 0 Å². The van der Waals surface area contributed by atoms with Crippen molar-refractivity contribution in [3.05, 3.63) is 27.5 Å². The van der Waals surface area contributed by atoms with Crippen molar-refractivity contribution < 1.29 is 0 Å². The maximum atomic E-state index is 8.67. The number of thiophene rings is 1. The molecule has 0 fully saturated rings. The zero-order chi connectivity index (χ0) is 10.1. The van der Waals surface area contributed by atoms with Gasteiger partial charge in [-0.15, -0.1) is 11.3 Å². The summed E-state index contributed by atoms with van der Waals surface area (Å²) in [5.41, 5.74) is 7.43. The fourth-order valence-electron chi connectivity index (χ4n) is 1.39. The summed E-state index contributed by atoms with van der Waals surface area (Å²) in [7, 11) is 0. The molecular formula is C10H7BrN2S. The van der Waals surface area contributed by atoms with Gasteiger partial charge in [0.1, 0.15) is 0 Å². The Bertz CT molecular complexity index is 525. The fraction of sp³-hybridized carbons (Fsp3) is 0.100. The van der Waals surface area contributed by atoms with E-state index in [4.69, 9.17) is 11.0 Å². The number of nitrogen functional groups attached to an aromatic ring is 1. The number of anilines is 1. The molecule has 0 spiro atoms. The number of nitriles is 1. The van der Waals surface area contributed by atoms with Crippen LogP contribution >= 0.6 is 27.3 Å². The first kappa shape index (κ1) is 9.50. The molecule has 0 bridgehead atoms. The lowest BCUT2D eigenvalue weighted by atomic mass is 10.1. The lowest BCUT2D eigenvalue weighted by Crippen LogP contribution is -1.94. The van der Waals surface area contributed by atoms with E-state index in [0.717, 1.165) is 20.1 Å². The Balaban J connectivity index is 2.77. The molecule has 0 aliphatic rings. The van der Waals surface area contributed by atoms with E-state index in [0.29, 0.717) is 12.1 Å². The molecule has 0 saturated carbocycles. The first-order valence-corrected chi connectivity index (χ1v) is 5.72. The van der Waals surface area contributed by atoms with Gasteiger partial charge < -0.3 is 5.73 Å². The number of rotatable bonds is 1. The first-order chi connectivity index (χ1) is 6.74. The van der Waals surface area contributed by atoms with Crippen molar-refractivity contribution in [2.45, 2.75) is 6.42 Å². The monoisotopic (exact) mass is 266 g/mol. The van der Waals surface area contributed by atoms with Gasteiger partial charge in [0.05, 0.1) is 12.5 Å². The molecule has 0 unspecified atom stereocenters. The van der Waals surface area contributed by atoms with Gasteiger partial charge in [-0.1, -0.05) is 0 Å². The molecule has 14 heavy (non-hydrogen) atoms. The van der Waals surface area contributed by atoms with Crippen molar-refractivity contribution in [1.29, 1.82) is 5.26 Å². The molecule has 2 rings (SSSR count). The third-order valence-electron chi connectivity index (χ3n) is 2.08. The van der Waals surface area contributed by atoms with Crippen molar-refractivity contribution in [1.82, 2.24) is 0 Å². The second-order valence-corrected chi connectivity index (χ2v) is 4.64. The van der Waals surface area contributed by atoms with E-state index in [1.807, 2.05) is 17.5 Å². The lowest BCUT2D eigenvalue weighted by molar-refractivity contribution is 1.26. The molecule has 1 aromatic heterocycles. The summed E-state index contributed by atoms with van der Waals surface area (Å²) in [6.07, 6.45) is 0.347. The van der Waals surface area contributed by atoms with Crippen LogP contribution in [-0.4, -0.2) is 0 Å². The van der Waals surface area contributed by atoms with E-state index in [1.165, 1.54) is 0 Å². The number of nitrogens with zero attached hydrogens (tertiary/aromatic N) is 1. The van der Waals surface area contributed by atoms with Crippen LogP contribution in [-0.2, 0) is 6.42 Å². The van der Waals surface area contributed by atoms with Gasteiger partial charge in [-0.3, -0.25) is 0 Å². The van der Waals surface area contributed by atoms with Crippen molar-refractivity contribution >= 4 is 43.0 Å². The molecule has 1 aromatic carbocycles. The van der Waals surface area contributed by atoms with Gasteiger partial charge in [-0.25, -0.2) is 0 Å². The number of hydrogen-bond donors (Lipinski definition) is 1. The molecule has 0 saturated heterocycles. The zero-order valence-electron chi connectivity index (χ0n) is 7.25. The summed E-state index contributed by atoms with van der Waals surface area (Å²) in [5, 5.41) is 11.8. The fourth-order valence-corrected chi connectivity index (χ4v) is 3.11. The molecule has 4 heteroatoms. The maximum Gasteiger partial charge on any atom is 0.0670 e. The van der Waals surface area contributed by atoms with E-state index >= 15 is 0 Å². The maximum absolute atomic E-state index is 8.67. The van der Waals surface area contributed by atoms with Gasteiger partial charge in [-0.2, -0.15) is 5.26 Å². The molecule has 2 nitrogen and oxygen atoms in total. The van der Waals surface area contributed by atoms with Crippen molar-refractivity contribution in [3.8, 4) is 6.07 Å². The van der Waals surface area contributed by atoms with Gasteiger partial charge in [0, 0.05) is 20.4 Å².